The minimum atomic E-state index is 0.481. The van der Waals surface area contributed by atoms with Crippen molar-refractivity contribution in [3.05, 3.63) is 71.8 Å². The van der Waals surface area contributed by atoms with Gasteiger partial charge in [0.15, 0.2) is 0 Å². The fourth-order valence-corrected chi connectivity index (χ4v) is 2.06. The van der Waals surface area contributed by atoms with Gasteiger partial charge in [-0.2, -0.15) is 5.10 Å². The summed E-state index contributed by atoms with van der Waals surface area (Å²) in [5, 5.41) is 8.12. The van der Waals surface area contributed by atoms with Gasteiger partial charge in [-0.05, 0) is 24.3 Å². The van der Waals surface area contributed by atoms with Gasteiger partial charge in [0.25, 0.3) is 0 Å². The van der Waals surface area contributed by atoms with Crippen LogP contribution in [-0.2, 0) is 6.54 Å². The number of benzene rings is 1. The van der Waals surface area contributed by atoms with Gasteiger partial charge in [-0.1, -0.05) is 29.8 Å². The lowest BCUT2D eigenvalue weighted by molar-refractivity contribution is 0.880. The summed E-state index contributed by atoms with van der Waals surface area (Å²) < 4.78 is 1.86. The third-order valence-electron chi connectivity index (χ3n) is 2.88. The highest BCUT2D eigenvalue weighted by Gasteiger charge is 2.01. The molecule has 3 aromatic rings. The topological polar surface area (TPSA) is 42.7 Å². The molecule has 0 bridgehead atoms. The number of rotatable bonds is 4. The third kappa shape index (κ3) is 2.97. The predicted molar refractivity (Wildman–Crippen MR) is 80.1 cm³/mol. The van der Waals surface area contributed by atoms with E-state index in [1.807, 2.05) is 53.5 Å². The van der Waals surface area contributed by atoms with Crippen LogP contribution in [0.3, 0.4) is 0 Å². The third-order valence-corrected chi connectivity index (χ3v) is 3.09. The van der Waals surface area contributed by atoms with Gasteiger partial charge >= 0.3 is 0 Å². The predicted octanol–water partition coefficient (Wildman–Crippen LogP) is 3.53. The first-order chi connectivity index (χ1) is 9.81. The number of aromatic nitrogens is 3. The molecule has 0 aliphatic rings. The van der Waals surface area contributed by atoms with Crippen molar-refractivity contribution in [3.8, 4) is 5.69 Å². The highest BCUT2D eigenvalue weighted by molar-refractivity contribution is 6.29. The minimum Gasteiger partial charge on any atom is -0.381 e. The summed E-state index contributed by atoms with van der Waals surface area (Å²) in [6.07, 6.45) is 5.53. The van der Waals surface area contributed by atoms with E-state index in [1.165, 1.54) is 0 Å². The standard InChI is InChI=1S/C15H13ClN4/c16-15-8-13(6-7-17-15)18-9-12-10-19-20(11-12)14-4-2-1-3-5-14/h1-8,10-11H,9H2,(H,17,18). The van der Waals surface area contributed by atoms with Crippen molar-refractivity contribution in [3.63, 3.8) is 0 Å². The molecule has 0 radical (unpaired) electrons. The largest absolute Gasteiger partial charge is 0.381 e. The van der Waals surface area contributed by atoms with Crippen molar-refractivity contribution in [1.82, 2.24) is 14.8 Å². The van der Waals surface area contributed by atoms with E-state index in [0.29, 0.717) is 11.7 Å². The smallest absolute Gasteiger partial charge is 0.131 e. The average molecular weight is 285 g/mol. The Morgan fingerprint density at radius 1 is 1.15 bits per heavy atom. The fourth-order valence-electron chi connectivity index (χ4n) is 1.89. The van der Waals surface area contributed by atoms with Crippen molar-refractivity contribution < 1.29 is 0 Å². The summed E-state index contributed by atoms with van der Waals surface area (Å²) in [6.45, 7) is 0.688. The molecular weight excluding hydrogens is 272 g/mol. The van der Waals surface area contributed by atoms with E-state index < -0.39 is 0 Å². The van der Waals surface area contributed by atoms with Crippen LogP contribution in [0, 0.1) is 0 Å². The van der Waals surface area contributed by atoms with Crippen LogP contribution in [0.2, 0.25) is 5.15 Å². The first-order valence-corrected chi connectivity index (χ1v) is 6.63. The molecule has 0 atom stereocenters. The van der Waals surface area contributed by atoms with Gasteiger partial charge in [0.05, 0.1) is 11.9 Å². The number of nitrogens with zero attached hydrogens (tertiary/aromatic N) is 3. The maximum absolute atomic E-state index is 5.84. The Labute approximate surface area is 122 Å². The molecule has 2 aromatic heterocycles. The summed E-state index contributed by atoms with van der Waals surface area (Å²) in [6, 6.07) is 13.7. The molecule has 0 unspecified atom stereocenters. The molecule has 20 heavy (non-hydrogen) atoms. The van der Waals surface area contributed by atoms with Gasteiger partial charge in [-0.25, -0.2) is 9.67 Å². The van der Waals surface area contributed by atoms with Crippen molar-refractivity contribution in [2.45, 2.75) is 6.54 Å². The number of nitrogens with one attached hydrogen (secondary N) is 1. The fraction of sp³-hybridized carbons (Fsp3) is 0.0667. The van der Waals surface area contributed by atoms with E-state index >= 15 is 0 Å². The zero-order valence-corrected chi connectivity index (χ0v) is 11.5. The Morgan fingerprint density at radius 2 is 2.00 bits per heavy atom. The minimum absolute atomic E-state index is 0.481. The molecule has 3 rings (SSSR count). The summed E-state index contributed by atoms with van der Waals surface area (Å²) in [5.74, 6) is 0. The molecule has 0 saturated heterocycles. The molecule has 1 N–H and O–H groups in total. The lowest BCUT2D eigenvalue weighted by atomic mass is 10.3. The van der Waals surface area contributed by atoms with Gasteiger partial charge in [-0.15, -0.1) is 0 Å². The molecule has 4 nitrogen and oxygen atoms in total. The number of halogens is 1. The van der Waals surface area contributed by atoms with E-state index in [0.717, 1.165) is 16.9 Å². The van der Waals surface area contributed by atoms with Gasteiger partial charge in [0, 0.05) is 30.2 Å². The molecule has 0 aliphatic heterocycles. The number of para-hydroxylation sites is 1. The summed E-state index contributed by atoms with van der Waals surface area (Å²) >= 11 is 5.84. The van der Waals surface area contributed by atoms with Crippen LogP contribution in [0.4, 0.5) is 5.69 Å². The number of hydrogen-bond donors (Lipinski definition) is 1. The second kappa shape index (κ2) is 5.75. The van der Waals surface area contributed by atoms with Crippen molar-refractivity contribution in [1.29, 1.82) is 0 Å². The van der Waals surface area contributed by atoms with E-state index in [1.54, 1.807) is 12.3 Å². The highest BCUT2D eigenvalue weighted by atomic mass is 35.5. The second-order valence-corrected chi connectivity index (χ2v) is 4.74. The zero-order valence-electron chi connectivity index (χ0n) is 10.7. The number of hydrogen-bond acceptors (Lipinski definition) is 3. The second-order valence-electron chi connectivity index (χ2n) is 4.35. The van der Waals surface area contributed by atoms with Crippen LogP contribution in [-0.4, -0.2) is 14.8 Å². The Bertz CT molecular complexity index is 694. The summed E-state index contributed by atoms with van der Waals surface area (Å²) in [4.78, 5) is 3.95. The normalized spacial score (nSPS) is 10.4. The maximum Gasteiger partial charge on any atom is 0.131 e. The van der Waals surface area contributed by atoms with Crippen LogP contribution in [0.5, 0.6) is 0 Å². The summed E-state index contributed by atoms with van der Waals surface area (Å²) in [7, 11) is 0. The van der Waals surface area contributed by atoms with Crippen LogP contribution >= 0.6 is 11.6 Å². The van der Waals surface area contributed by atoms with Crippen molar-refractivity contribution in [2.24, 2.45) is 0 Å². The first kappa shape index (κ1) is 12.7. The molecule has 100 valence electrons. The molecule has 0 fully saturated rings. The Morgan fingerprint density at radius 3 is 2.80 bits per heavy atom. The Balaban J connectivity index is 1.69. The zero-order chi connectivity index (χ0) is 13.8. The lowest BCUT2D eigenvalue weighted by Gasteiger charge is -2.04. The van der Waals surface area contributed by atoms with Gasteiger partial charge < -0.3 is 5.32 Å². The van der Waals surface area contributed by atoms with Gasteiger partial charge in [0.1, 0.15) is 5.15 Å². The molecule has 0 aliphatic carbocycles. The Kier molecular flexibility index (Phi) is 3.65. The molecular formula is C15H13ClN4. The van der Waals surface area contributed by atoms with Gasteiger partial charge in [0.2, 0.25) is 0 Å². The van der Waals surface area contributed by atoms with Crippen LogP contribution < -0.4 is 5.32 Å². The molecule has 5 heteroatoms. The molecule has 0 spiro atoms. The maximum atomic E-state index is 5.84. The van der Waals surface area contributed by atoms with Crippen LogP contribution in [0.1, 0.15) is 5.56 Å². The molecule has 0 saturated carbocycles. The number of anilines is 1. The molecule has 1 aromatic carbocycles. The van der Waals surface area contributed by atoms with Crippen molar-refractivity contribution in [2.75, 3.05) is 5.32 Å². The van der Waals surface area contributed by atoms with Crippen LogP contribution in [0.25, 0.3) is 5.69 Å². The van der Waals surface area contributed by atoms with E-state index in [2.05, 4.69) is 15.4 Å². The van der Waals surface area contributed by atoms with Crippen LogP contribution in [0.15, 0.2) is 61.1 Å². The van der Waals surface area contributed by atoms with Gasteiger partial charge in [-0.3, -0.25) is 0 Å². The highest BCUT2D eigenvalue weighted by Crippen LogP contribution is 2.14. The van der Waals surface area contributed by atoms with E-state index in [-0.39, 0.29) is 0 Å². The molecule has 0 amide bonds. The number of pyridine rings is 1. The lowest BCUT2D eigenvalue weighted by Crippen LogP contribution is -1.98. The van der Waals surface area contributed by atoms with Crippen molar-refractivity contribution >= 4 is 17.3 Å². The Hall–Kier alpha value is -2.33. The van der Waals surface area contributed by atoms with E-state index in [9.17, 15) is 0 Å². The first-order valence-electron chi connectivity index (χ1n) is 6.26. The average Bonchev–Trinajstić information content (AvgIpc) is 2.95. The monoisotopic (exact) mass is 284 g/mol. The van der Waals surface area contributed by atoms with E-state index in [4.69, 9.17) is 11.6 Å². The quantitative estimate of drug-likeness (QED) is 0.745. The molecule has 2 heterocycles. The SMILES string of the molecule is Clc1cc(NCc2cnn(-c3ccccc3)c2)ccn1. The summed E-state index contributed by atoms with van der Waals surface area (Å²) in [5.41, 5.74) is 3.09.